The van der Waals surface area contributed by atoms with E-state index in [4.69, 9.17) is 14.2 Å². The molecular formula is C19H21N3O6. The molecule has 9 heteroatoms. The van der Waals surface area contributed by atoms with E-state index in [-0.39, 0.29) is 36.1 Å². The third kappa shape index (κ3) is 5.44. The average Bonchev–Trinajstić information content (AvgIpc) is 2.69. The number of rotatable bonds is 9. The van der Waals surface area contributed by atoms with Crippen LogP contribution in [0.15, 0.2) is 41.5 Å². The Morgan fingerprint density at radius 1 is 1.21 bits per heavy atom. The first-order valence-corrected chi connectivity index (χ1v) is 8.42. The molecule has 0 aliphatic heterocycles. The molecule has 0 heterocycles. The van der Waals surface area contributed by atoms with Gasteiger partial charge < -0.3 is 14.2 Å². The highest BCUT2D eigenvalue weighted by Gasteiger charge is 2.21. The standard InChI is InChI=1S/C19H21N3O6/c1-4-28-19-16(22(24)25)9-14(10-17(19)27-3)12-20-21-18(23)11-13-5-7-15(26-2)8-6-13/h5-10,12H,4,11H2,1-3H3,(H,21,23)/b20-12-. The molecule has 2 aromatic carbocycles. The number of ether oxygens (including phenoxy) is 3. The van der Waals surface area contributed by atoms with Crippen LogP contribution in [0, 0.1) is 10.1 Å². The molecule has 0 saturated carbocycles. The number of nitrogens with one attached hydrogen (secondary N) is 1. The highest BCUT2D eigenvalue weighted by Crippen LogP contribution is 2.37. The van der Waals surface area contributed by atoms with Gasteiger partial charge >= 0.3 is 5.69 Å². The fourth-order valence-corrected chi connectivity index (χ4v) is 2.41. The van der Waals surface area contributed by atoms with Crippen molar-refractivity contribution >= 4 is 17.8 Å². The lowest BCUT2D eigenvalue weighted by Crippen LogP contribution is -2.19. The average molecular weight is 387 g/mol. The lowest BCUT2D eigenvalue weighted by Gasteiger charge is -2.10. The minimum Gasteiger partial charge on any atom is -0.497 e. The van der Waals surface area contributed by atoms with Gasteiger partial charge in [-0.15, -0.1) is 0 Å². The molecule has 9 nitrogen and oxygen atoms in total. The van der Waals surface area contributed by atoms with Crippen LogP contribution in [0.4, 0.5) is 5.69 Å². The molecule has 0 fully saturated rings. The number of hydrogen-bond acceptors (Lipinski definition) is 7. The SMILES string of the molecule is CCOc1c(OC)cc(/C=N\NC(=O)Cc2ccc(OC)cc2)cc1[N+](=O)[O-]. The molecule has 0 unspecified atom stereocenters. The molecule has 0 aliphatic rings. The number of nitro groups is 1. The van der Waals surface area contributed by atoms with E-state index in [1.54, 1.807) is 38.3 Å². The minimum absolute atomic E-state index is 0.0516. The van der Waals surface area contributed by atoms with Crippen LogP contribution in [-0.2, 0) is 11.2 Å². The number of benzene rings is 2. The zero-order chi connectivity index (χ0) is 20.5. The Hall–Kier alpha value is -3.62. The van der Waals surface area contributed by atoms with Crippen molar-refractivity contribution in [2.45, 2.75) is 13.3 Å². The van der Waals surface area contributed by atoms with Crippen LogP contribution in [0.5, 0.6) is 17.2 Å². The van der Waals surface area contributed by atoms with E-state index in [1.807, 2.05) is 0 Å². The van der Waals surface area contributed by atoms with Crippen LogP contribution in [0.1, 0.15) is 18.1 Å². The second-order valence-electron chi connectivity index (χ2n) is 5.58. The fourth-order valence-electron chi connectivity index (χ4n) is 2.41. The maximum atomic E-state index is 12.0. The predicted octanol–water partition coefficient (Wildman–Crippen LogP) is 2.70. The Morgan fingerprint density at radius 2 is 1.93 bits per heavy atom. The molecule has 28 heavy (non-hydrogen) atoms. The smallest absolute Gasteiger partial charge is 0.315 e. The molecule has 2 rings (SSSR count). The first-order valence-electron chi connectivity index (χ1n) is 8.42. The van der Waals surface area contributed by atoms with Gasteiger partial charge in [-0.1, -0.05) is 12.1 Å². The second kappa shape index (κ2) is 9.91. The van der Waals surface area contributed by atoms with E-state index in [9.17, 15) is 14.9 Å². The van der Waals surface area contributed by atoms with Gasteiger partial charge in [0, 0.05) is 11.6 Å². The van der Waals surface area contributed by atoms with Crippen molar-refractivity contribution in [2.24, 2.45) is 5.10 Å². The first kappa shape index (κ1) is 20.7. The summed E-state index contributed by atoms with van der Waals surface area (Å²) in [6.45, 7) is 1.98. The zero-order valence-electron chi connectivity index (χ0n) is 15.8. The summed E-state index contributed by atoms with van der Waals surface area (Å²) in [6.07, 6.45) is 1.44. The Bertz CT molecular complexity index is 865. The summed E-state index contributed by atoms with van der Waals surface area (Å²) < 4.78 is 15.5. The van der Waals surface area contributed by atoms with E-state index >= 15 is 0 Å². The molecule has 148 valence electrons. The van der Waals surface area contributed by atoms with Crippen LogP contribution >= 0.6 is 0 Å². The van der Waals surface area contributed by atoms with Gasteiger partial charge in [-0.2, -0.15) is 5.10 Å². The molecule has 0 radical (unpaired) electrons. The zero-order valence-corrected chi connectivity index (χ0v) is 15.8. The van der Waals surface area contributed by atoms with Crippen LogP contribution < -0.4 is 19.6 Å². The molecule has 0 aromatic heterocycles. The van der Waals surface area contributed by atoms with Gasteiger partial charge in [-0.3, -0.25) is 14.9 Å². The first-order chi connectivity index (χ1) is 13.5. The molecule has 0 saturated heterocycles. The van der Waals surface area contributed by atoms with Crippen molar-refractivity contribution in [3.63, 3.8) is 0 Å². The number of methoxy groups -OCH3 is 2. The van der Waals surface area contributed by atoms with Crippen molar-refractivity contribution in [2.75, 3.05) is 20.8 Å². The molecule has 2 aromatic rings. The number of carbonyl (C=O) groups excluding carboxylic acids is 1. The topological polar surface area (TPSA) is 112 Å². The van der Waals surface area contributed by atoms with Gasteiger partial charge in [0.05, 0.1) is 38.4 Å². The lowest BCUT2D eigenvalue weighted by atomic mass is 10.1. The Morgan fingerprint density at radius 3 is 2.50 bits per heavy atom. The van der Waals surface area contributed by atoms with Gasteiger partial charge in [0.15, 0.2) is 5.75 Å². The summed E-state index contributed by atoms with van der Waals surface area (Å²) in [4.78, 5) is 22.7. The van der Waals surface area contributed by atoms with Crippen molar-refractivity contribution in [1.29, 1.82) is 0 Å². The summed E-state index contributed by atoms with van der Waals surface area (Å²) >= 11 is 0. The fraction of sp³-hybridized carbons (Fsp3) is 0.263. The van der Waals surface area contributed by atoms with E-state index in [0.29, 0.717) is 11.3 Å². The summed E-state index contributed by atoms with van der Waals surface area (Å²) in [6, 6.07) is 9.92. The quantitative estimate of drug-likeness (QED) is 0.402. The van der Waals surface area contributed by atoms with E-state index in [0.717, 1.165) is 5.56 Å². The normalized spacial score (nSPS) is 10.5. The molecule has 1 amide bonds. The second-order valence-corrected chi connectivity index (χ2v) is 5.58. The lowest BCUT2D eigenvalue weighted by molar-refractivity contribution is -0.385. The number of hydrogen-bond donors (Lipinski definition) is 1. The third-order valence-electron chi connectivity index (χ3n) is 3.69. The van der Waals surface area contributed by atoms with Crippen molar-refractivity contribution in [1.82, 2.24) is 5.43 Å². The van der Waals surface area contributed by atoms with Gasteiger partial charge in [0.25, 0.3) is 0 Å². The summed E-state index contributed by atoms with van der Waals surface area (Å²) in [5.74, 6) is 0.639. The highest BCUT2D eigenvalue weighted by atomic mass is 16.6. The highest BCUT2D eigenvalue weighted by molar-refractivity contribution is 5.85. The van der Waals surface area contributed by atoms with E-state index in [1.165, 1.54) is 25.5 Å². The third-order valence-corrected chi connectivity index (χ3v) is 3.69. The van der Waals surface area contributed by atoms with Gasteiger partial charge in [-0.05, 0) is 30.7 Å². The maximum absolute atomic E-state index is 12.0. The van der Waals surface area contributed by atoms with Crippen LogP contribution in [0.3, 0.4) is 0 Å². The van der Waals surface area contributed by atoms with Gasteiger partial charge in [0.2, 0.25) is 11.7 Å². The number of nitro benzene ring substituents is 1. The summed E-state index contributed by atoms with van der Waals surface area (Å²) in [7, 11) is 2.95. The minimum atomic E-state index is -0.562. The van der Waals surface area contributed by atoms with E-state index in [2.05, 4.69) is 10.5 Å². The molecular weight excluding hydrogens is 366 g/mol. The predicted molar refractivity (Wildman–Crippen MR) is 103 cm³/mol. The largest absolute Gasteiger partial charge is 0.497 e. The Balaban J connectivity index is 2.09. The van der Waals surface area contributed by atoms with Crippen molar-refractivity contribution < 1.29 is 23.9 Å². The number of amides is 1. The van der Waals surface area contributed by atoms with Crippen LogP contribution in [0.2, 0.25) is 0 Å². The summed E-state index contributed by atoms with van der Waals surface area (Å²) in [5.41, 5.74) is 3.33. The Kier molecular flexibility index (Phi) is 7.32. The summed E-state index contributed by atoms with van der Waals surface area (Å²) in [5, 5.41) is 15.1. The van der Waals surface area contributed by atoms with Crippen LogP contribution in [-0.4, -0.2) is 37.9 Å². The van der Waals surface area contributed by atoms with Crippen LogP contribution in [0.25, 0.3) is 0 Å². The van der Waals surface area contributed by atoms with Gasteiger partial charge in [-0.25, -0.2) is 5.43 Å². The Labute approximate surface area is 162 Å². The maximum Gasteiger partial charge on any atom is 0.315 e. The number of carbonyl (C=O) groups is 1. The molecule has 0 spiro atoms. The van der Waals surface area contributed by atoms with Crippen molar-refractivity contribution in [3.8, 4) is 17.2 Å². The molecule has 0 aliphatic carbocycles. The molecule has 0 bridgehead atoms. The van der Waals surface area contributed by atoms with Crippen molar-refractivity contribution in [3.05, 3.63) is 57.6 Å². The number of nitrogens with zero attached hydrogens (tertiary/aromatic N) is 2. The number of hydrazone groups is 1. The van der Waals surface area contributed by atoms with Gasteiger partial charge in [0.1, 0.15) is 5.75 Å². The molecule has 1 N–H and O–H groups in total. The molecule has 0 atom stereocenters. The van der Waals surface area contributed by atoms with E-state index < -0.39 is 4.92 Å². The monoisotopic (exact) mass is 387 g/mol.